The van der Waals surface area contributed by atoms with E-state index >= 15 is 0 Å². The molecule has 1 fully saturated rings. The van der Waals surface area contributed by atoms with Crippen LogP contribution in [0.15, 0.2) is 12.1 Å². The average molecular weight is 327 g/mol. The number of halogens is 1. The first-order valence-corrected chi connectivity index (χ1v) is 7.16. The Kier molecular flexibility index (Phi) is 5.20. The number of methoxy groups -OCH3 is 1. The third-order valence-corrected chi connectivity index (χ3v) is 3.58. The zero-order valence-electron chi connectivity index (χ0n) is 13.0. The van der Waals surface area contributed by atoms with Crippen LogP contribution in [0.4, 0.5) is 20.6 Å². The summed E-state index contributed by atoms with van der Waals surface area (Å²) < 4.78 is 23.9. The van der Waals surface area contributed by atoms with Crippen molar-refractivity contribution >= 4 is 17.5 Å². The Labute approximate surface area is 132 Å². The summed E-state index contributed by atoms with van der Waals surface area (Å²) in [5.41, 5.74) is -0.439. The minimum atomic E-state index is -0.947. The molecule has 1 aliphatic heterocycles. The molecule has 0 aromatic heterocycles. The van der Waals surface area contributed by atoms with Crippen LogP contribution in [0.3, 0.4) is 0 Å². The zero-order valence-corrected chi connectivity index (χ0v) is 13.0. The molecule has 0 radical (unpaired) electrons. The number of nitro groups is 1. The van der Waals surface area contributed by atoms with Gasteiger partial charge in [0.05, 0.1) is 18.6 Å². The molecule has 0 N–H and O–H groups in total. The predicted octanol–water partition coefficient (Wildman–Crippen LogP) is 2.02. The summed E-state index contributed by atoms with van der Waals surface area (Å²) in [6.45, 7) is 3.37. The highest BCUT2D eigenvalue weighted by Gasteiger charge is 2.29. The maximum Gasteiger partial charge on any atom is 0.409 e. The third kappa shape index (κ3) is 3.61. The van der Waals surface area contributed by atoms with E-state index in [1.807, 2.05) is 0 Å². The van der Waals surface area contributed by atoms with Gasteiger partial charge < -0.3 is 19.3 Å². The van der Waals surface area contributed by atoms with Crippen LogP contribution < -0.4 is 9.64 Å². The number of carbonyl (C=O) groups is 1. The fourth-order valence-electron chi connectivity index (χ4n) is 2.44. The second kappa shape index (κ2) is 7.12. The molecule has 8 nitrogen and oxygen atoms in total. The molecular weight excluding hydrogens is 309 g/mol. The van der Waals surface area contributed by atoms with Gasteiger partial charge in [-0.15, -0.1) is 0 Å². The van der Waals surface area contributed by atoms with E-state index in [0.29, 0.717) is 26.2 Å². The van der Waals surface area contributed by atoms with E-state index in [2.05, 4.69) is 0 Å². The molecule has 1 heterocycles. The molecule has 1 amide bonds. The number of rotatable bonds is 4. The molecule has 126 valence electrons. The van der Waals surface area contributed by atoms with Crippen molar-refractivity contribution in [3.05, 3.63) is 28.1 Å². The second-order valence-corrected chi connectivity index (χ2v) is 4.91. The lowest BCUT2D eigenvalue weighted by molar-refractivity contribution is -0.386. The summed E-state index contributed by atoms with van der Waals surface area (Å²) >= 11 is 0. The summed E-state index contributed by atoms with van der Waals surface area (Å²) in [6, 6.07) is 2.41. The lowest BCUT2D eigenvalue weighted by atomic mass is 10.2. The fraction of sp³-hybridized carbons (Fsp3) is 0.500. The van der Waals surface area contributed by atoms with Crippen LogP contribution in [0, 0.1) is 15.9 Å². The largest absolute Gasteiger partial charge is 0.497 e. The van der Waals surface area contributed by atoms with Crippen LogP contribution >= 0.6 is 0 Å². The number of anilines is 1. The SMILES string of the molecule is CCOC(=O)N1CCN(c2cc(OC)cc(F)c2[N+](=O)[O-])CC1. The normalized spacial score (nSPS) is 14.6. The van der Waals surface area contributed by atoms with Gasteiger partial charge in [-0.1, -0.05) is 0 Å². The van der Waals surface area contributed by atoms with E-state index in [1.54, 1.807) is 11.8 Å². The minimum Gasteiger partial charge on any atom is -0.497 e. The number of hydrogen-bond acceptors (Lipinski definition) is 6. The molecule has 0 bridgehead atoms. The highest BCUT2D eigenvalue weighted by Crippen LogP contribution is 2.35. The Morgan fingerprint density at radius 2 is 2.00 bits per heavy atom. The topological polar surface area (TPSA) is 85.2 Å². The first kappa shape index (κ1) is 16.8. The molecule has 23 heavy (non-hydrogen) atoms. The Balaban J connectivity index is 2.21. The molecule has 0 atom stereocenters. The molecule has 0 unspecified atom stereocenters. The van der Waals surface area contributed by atoms with Gasteiger partial charge in [0.25, 0.3) is 0 Å². The van der Waals surface area contributed by atoms with Crippen LogP contribution in [-0.4, -0.2) is 55.8 Å². The average Bonchev–Trinajstić information content (AvgIpc) is 2.54. The summed E-state index contributed by atoms with van der Waals surface area (Å²) in [6.07, 6.45) is -0.418. The van der Waals surface area contributed by atoms with Crippen LogP contribution in [0.25, 0.3) is 0 Å². The molecule has 9 heteroatoms. The van der Waals surface area contributed by atoms with E-state index in [4.69, 9.17) is 9.47 Å². The maximum atomic E-state index is 14.0. The number of hydrogen-bond donors (Lipinski definition) is 0. The first-order valence-electron chi connectivity index (χ1n) is 7.16. The van der Waals surface area contributed by atoms with Gasteiger partial charge >= 0.3 is 11.8 Å². The third-order valence-electron chi connectivity index (χ3n) is 3.58. The Morgan fingerprint density at radius 3 is 2.52 bits per heavy atom. The number of amides is 1. The van der Waals surface area contributed by atoms with Crippen LogP contribution in [0.2, 0.25) is 0 Å². The summed E-state index contributed by atoms with van der Waals surface area (Å²) in [5.74, 6) is -0.743. The molecule has 0 saturated carbocycles. The Bertz CT molecular complexity index is 602. The number of carbonyl (C=O) groups excluding carboxylic acids is 1. The van der Waals surface area contributed by atoms with Crippen LogP contribution in [0.5, 0.6) is 5.75 Å². The quantitative estimate of drug-likeness (QED) is 0.621. The van der Waals surface area contributed by atoms with E-state index in [9.17, 15) is 19.3 Å². The Hall–Kier alpha value is -2.58. The summed E-state index contributed by atoms with van der Waals surface area (Å²) in [7, 11) is 1.36. The molecule has 1 saturated heterocycles. The number of benzene rings is 1. The van der Waals surface area contributed by atoms with Gasteiger partial charge in [0.1, 0.15) is 11.4 Å². The highest BCUT2D eigenvalue weighted by molar-refractivity contribution is 5.70. The number of ether oxygens (including phenoxy) is 2. The van der Waals surface area contributed by atoms with E-state index in [0.717, 1.165) is 6.07 Å². The Morgan fingerprint density at radius 1 is 1.35 bits per heavy atom. The molecular formula is C14H18FN3O5. The minimum absolute atomic E-state index is 0.148. The first-order chi connectivity index (χ1) is 11.0. The van der Waals surface area contributed by atoms with Gasteiger partial charge in [0.2, 0.25) is 5.82 Å². The van der Waals surface area contributed by atoms with Gasteiger partial charge in [0, 0.05) is 38.3 Å². The van der Waals surface area contributed by atoms with Crippen molar-refractivity contribution in [2.24, 2.45) is 0 Å². The van der Waals surface area contributed by atoms with Crippen molar-refractivity contribution in [1.82, 2.24) is 4.90 Å². The predicted molar refractivity (Wildman–Crippen MR) is 80.4 cm³/mol. The molecule has 0 aliphatic carbocycles. The van der Waals surface area contributed by atoms with Gasteiger partial charge in [-0.25, -0.2) is 4.79 Å². The van der Waals surface area contributed by atoms with Crippen molar-refractivity contribution < 1.29 is 23.6 Å². The van der Waals surface area contributed by atoms with Crippen molar-refractivity contribution in [3.8, 4) is 5.75 Å². The van der Waals surface area contributed by atoms with Crippen molar-refractivity contribution in [2.75, 3.05) is 44.8 Å². The van der Waals surface area contributed by atoms with Gasteiger partial charge in [0.15, 0.2) is 0 Å². The molecule has 0 spiro atoms. The van der Waals surface area contributed by atoms with E-state index in [-0.39, 0.29) is 18.0 Å². The number of nitro benzene ring substituents is 1. The molecule has 1 aromatic rings. The molecule has 1 aliphatic rings. The number of piperazine rings is 1. The molecule has 1 aromatic carbocycles. The maximum absolute atomic E-state index is 14.0. The van der Waals surface area contributed by atoms with E-state index < -0.39 is 22.5 Å². The van der Waals surface area contributed by atoms with Crippen molar-refractivity contribution in [2.45, 2.75) is 6.92 Å². The van der Waals surface area contributed by atoms with E-state index in [1.165, 1.54) is 18.1 Å². The van der Waals surface area contributed by atoms with Gasteiger partial charge in [-0.3, -0.25) is 10.1 Å². The zero-order chi connectivity index (χ0) is 17.0. The monoisotopic (exact) mass is 327 g/mol. The standard InChI is InChI=1S/C14H18FN3O5/c1-3-23-14(19)17-6-4-16(5-7-17)12-9-10(22-2)8-11(15)13(12)18(20)21/h8-9H,3-7H2,1-2H3. The van der Waals surface area contributed by atoms with Crippen LogP contribution in [0.1, 0.15) is 6.92 Å². The molecule has 2 rings (SSSR count). The smallest absolute Gasteiger partial charge is 0.409 e. The van der Waals surface area contributed by atoms with Crippen molar-refractivity contribution in [1.29, 1.82) is 0 Å². The van der Waals surface area contributed by atoms with Crippen molar-refractivity contribution in [3.63, 3.8) is 0 Å². The summed E-state index contributed by atoms with van der Waals surface area (Å²) in [4.78, 5) is 25.3. The van der Waals surface area contributed by atoms with Gasteiger partial charge in [-0.05, 0) is 6.92 Å². The van der Waals surface area contributed by atoms with Crippen LogP contribution in [-0.2, 0) is 4.74 Å². The fourth-order valence-corrected chi connectivity index (χ4v) is 2.44. The summed E-state index contributed by atoms with van der Waals surface area (Å²) in [5, 5.41) is 11.2. The lowest BCUT2D eigenvalue weighted by Gasteiger charge is -2.35. The highest BCUT2D eigenvalue weighted by atomic mass is 19.1. The lowest BCUT2D eigenvalue weighted by Crippen LogP contribution is -2.49. The second-order valence-electron chi connectivity index (χ2n) is 4.91. The number of nitrogens with zero attached hydrogens (tertiary/aromatic N) is 3. The van der Waals surface area contributed by atoms with Gasteiger partial charge in [-0.2, -0.15) is 4.39 Å².